The minimum Gasteiger partial charge on any atom is -0.481 e. The zero-order valence-corrected chi connectivity index (χ0v) is 16.9. The Labute approximate surface area is 160 Å². The van der Waals surface area contributed by atoms with Gasteiger partial charge >= 0.3 is 12.0 Å². The van der Waals surface area contributed by atoms with Gasteiger partial charge in [0.15, 0.2) is 0 Å². The summed E-state index contributed by atoms with van der Waals surface area (Å²) in [6.07, 6.45) is 0.555. The van der Waals surface area contributed by atoms with Crippen LogP contribution in [0.5, 0.6) is 0 Å². The Hall–Kier alpha value is -2.13. The van der Waals surface area contributed by atoms with E-state index in [4.69, 9.17) is 0 Å². The van der Waals surface area contributed by atoms with Crippen LogP contribution in [-0.4, -0.2) is 61.9 Å². The third kappa shape index (κ3) is 4.98. The van der Waals surface area contributed by atoms with Crippen molar-refractivity contribution in [2.45, 2.75) is 31.2 Å². The van der Waals surface area contributed by atoms with E-state index in [2.05, 4.69) is 5.32 Å². The Balaban J connectivity index is 2.12. The van der Waals surface area contributed by atoms with Gasteiger partial charge in [-0.1, -0.05) is 19.1 Å². The second-order valence-corrected chi connectivity index (χ2v) is 9.46. The minimum absolute atomic E-state index is 0.106. The summed E-state index contributed by atoms with van der Waals surface area (Å²) >= 11 is 0. The molecule has 3 unspecified atom stereocenters. The number of aliphatic carboxylic acids is 1. The van der Waals surface area contributed by atoms with Crippen molar-refractivity contribution >= 4 is 22.0 Å². The largest absolute Gasteiger partial charge is 0.481 e. The molecule has 0 radical (unpaired) electrons. The molecule has 8 nitrogen and oxygen atoms in total. The van der Waals surface area contributed by atoms with Gasteiger partial charge in [-0.3, -0.25) is 4.79 Å². The van der Waals surface area contributed by atoms with Crippen molar-refractivity contribution in [3.63, 3.8) is 0 Å². The average molecular weight is 397 g/mol. The molecule has 1 heterocycles. The predicted octanol–water partition coefficient (Wildman–Crippen LogP) is 1.75. The van der Waals surface area contributed by atoms with Crippen LogP contribution in [0.1, 0.15) is 31.9 Å². The topological polar surface area (TPSA) is 107 Å². The molecule has 0 bridgehead atoms. The van der Waals surface area contributed by atoms with Crippen LogP contribution in [0.2, 0.25) is 0 Å². The number of carbonyl (C=O) groups excluding carboxylic acids is 1. The molecule has 2 rings (SSSR count). The van der Waals surface area contributed by atoms with E-state index in [1.165, 1.54) is 25.1 Å². The summed E-state index contributed by atoms with van der Waals surface area (Å²) in [5, 5.41) is 12.1. The molecule has 3 atom stereocenters. The quantitative estimate of drug-likeness (QED) is 0.787. The fourth-order valence-corrected chi connectivity index (χ4v) is 4.17. The molecule has 1 aliphatic heterocycles. The number of likely N-dealkylation sites (tertiary alicyclic amines) is 1. The monoisotopic (exact) mass is 397 g/mol. The predicted molar refractivity (Wildman–Crippen MR) is 101 cm³/mol. The van der Waals surface area contributed by atoms with Crippen LogP contribution in [0.25, 0.3) is 0 Å². The second kappa shape index (κ2) is 8.26. The first-order valence-corrected chi connectivity index (χ1v) is 10.3. The van der Waals surface area contributed by atoms with Gasteiger partial charge in [-0.05, 0) is 37.0 Å². The molecule has 1 aromatic carbocycles. The van der Waals surface area contributed by atoms with Gasteiger partial charge in [-0.2, -0.15) is 0 Å². The Morgan fingerprint density at radius 1 is 1.30 bits per heavy atom. The summed E-state index contributed by atoms with van der Waals surface area (Å²) in [6, 6.07) is 5.67. The van der Waals surface area contributed by atoms with E-state index in [-0.39, 0.29) is 23.4 Å². The van der Waals surface area contributed by atoms with Crippen LogP contribution in [0, 0.1) is 11.8 Å². The molecule has 0 saturated carbocycles. The number of amides is 2. The number of nitrogens with zero attached hydrogens (tertiary/aromatic N) is 2. The van der Waals surface area contributed by atoms with Crippen molar-refractivity contribution in [3.05, 3.63) is 29.8 Å². The lowest BCUT2D eigenvalue weighted by atomic mass is 9.91. The number of benzene rings is 1. The number of urea groups is 1. The van der Waals surface area contributed by atoms with E-state index in [1.807, 2.05) is 6.92 Å². The van der Waals surface area contributed by atoms with E-state index >= 15 is 0 Å². The van der Waals surface area contributed by atoms with Crippen molar-refractivity contribution in [3.8, 4) is 0 Å². The van der Waals surface area contributed by atoms with E-state index < -0.39 is 28.0 Å². The number of carboxylic acids is 1. The first-order chi connectivity index (χ1) is 12.5. The van der Waals surface area contributed by atoms with Crippen molar-refractivity contribution in [2.75, 3.05) is 27.2 Å². The maximum Gasteiger partial charge on any atom is 0.317 e. The fraction of sp³-hybridized carbons (Fsp3) is 0.556. The fourth-order valence-electron chi connectivity index (χ4n) is 3.21. The highest BCUT2D eigenvalue weighted by molar-refractivity contribution is 7.89. The molecule has 0 spiro atoms. The number of carboxylic acid groups (broad SMARTS) is 1. The number of hydrogen-bond acceptors (Lipinski definition) is 4. The summed E-state index contributed by atoms with van der Waals surface area (Å²) in [5.74, 6) is -1.35. The van der Waals surface area contributed by atoms with Crippen molar-refractivity contribution in [1.82, 2.24) is 14.5 Å². The highest BCUT2D eigenvalue weighted by Crippen LogP contribution is 2.23. The molecule has 0 aromatic heterocycles. The number of rotatable bonds is 5. The van der Waals surface area contributed by atoms with E-state index in [0.717, 1.165) is 4.31 Å². The molecule has 1 saturated heterocycles. The first-order valence-electron chi connectivity index (χ1n) is 8.83. The van der Waals surface area contributed by atoms with Gasteiger partial charge < -0.3 is 15.3 Å². The van der Waals surface area contributed by atoms with Gasteiger partial charge in [0, 0.05) is 27.2 Å². The zero-order chi connectivity index (χ0) is 20.4. The van der Waals surface area contributed by atoms with Crippen LogP contribution < -0.4 is 5.32 Å². The Morgan fingerprint density at radius 2 is 1.96 bits per heavy atom. The van der Waals surface area contributed by atoms with E-state index in [1.54, 1.807) is 25.1 Å². The number of nitrogens with one attached hydrogen (secondary N) is 1. The molecule has 27 heavy (non-hydrogen) atoms. The Kier molecular flexibility index (Phi) is 6.48. The SMILES string of the molecule is CC1CC(C(=O)O)CN(C(=O)NC(C)c2cccc(S(=O)(=O)N(C)C)c2)C1. The third-order valence-electron chi connectivity index (χ3n) is 4.77. The lowest BCUT2D eigenvalue weighted by Crippen LogP contribution is -2.49. The van der Waals surface area contributed by atoms with Crippen LogP contribution in [0.3, 0.4) is 0 Å². The van der Waals surface area contributed by atoms with Crippen molar-refractivity contribution < 1.29 is 23.1 Å². The van der Waals surface area contributed by atoms with E-state index in [9.17, 15) is 23.1 Å². The molecular formula is C18H27N3O5S. The normalized spacial score (nSPS) is 21.7. The minimum atomic E-state index is -3.56. The number of piperidine rings is 1. The summed E-state index contributed by atoms with van der Waals surface area (Å²) in [7, 11) is -0.637. The summed E-state index contributed by atoms with van der Waals surface area (Å²) in [6.45, 7) is 4.36. The van der Waals surface area contributed by atoms with Gasteiger partial charge in [0.1, 0.15) is 0 Å². The Bertz CT molecular complexity index is 809. The molecule has 9 heteroatoms. The van der Waals surface area contributed by atoms with Crippen LogP contribution in [0.4, 0.5) is 4.79 Å². The molecule has 2 N–H and O–H groups in total. The van der Waals surface area contributed by atoms with Gasteiger partial charge in [0.05, 0.1) is 16.9 Å². The molecule has 1 aliphatic rings. The van der Waals surface area contributed by atoms with Gasteiger partial charge in [0.2, 0.25) is 10.0 Å². The third-order valence-corrected chi connectivity index (χ3v) is 6.58. The zero-order valence-electron chi connectivity index (χ0n) is 16.0. The molecule has 0 aliphatic carbocycles. The number of sulfonamides is 1. The molecule has 150 valence electrons. The number of carbonyl (C=O) groups is 2. The van der Waals surface area contributed by atoms with Gasteiger partial charge in [-0.15, -0.1) is 0 Å². The summed E-state index contributed by atoms with van der Waals surface area (Å²) in [4.78, 5) is 25.5. The average Bonchev–Trinajstić information content (AvgIpc) is 2.60. The van der Waals surface area contributed by atoms with Crippen molar-refractivity contribution in [1.29, 1.82) is 0 Å². The summed E-state index contributed by atoms with van der Waals surface area (Å²) in [5.41, 5.74) is 0.658. The molecule has 2 amide bonds. The first kappa shape index (κ1) is 21.2. The van der Waals surface area contributed by atoms with E-state index in [0.29, 0.717) is 18.5 Å². The van der Waals surface area contributed by atoms with Crippen LogP contribution >= 0.6 is 0 Å². The maximum absolute atomic E-state index is 12.6. The molecular weight excluding hydrogens is 370 g/mol. The highest BCUT2D eigenvalue weighted by atomic mass is 32.2. The lowest BCUT2D eigenvalue weighted by molar-refractivity contribution is -0.143. The van der Waals surface area contributed by atoms with Gasteiger partial charge in [0.25, 0.3) is 0 Å². The highest BCUT2D eigenvalue weighted by Gasteiger charge is 2.32. The van der Waals surface area contributed by atoms with Gasteiger partial charge in [-0.25, -0.2) is 17.5 Å². The standard InChI is InChI=1S/C18H27N3O5S/c1-12-8-15(17(22)23)11-21(10-12)18(24)19-13(2)14-6-5-7-16(9-14)27(25,26)20(3)4/h5-7,9,12-13,15H,8,10-11H2,1-4H3,(H,19,24)(H,22,23). The maximum atomic E-state index is 12.6. The van der Waals surface area contributed by atoms with Crippen molar-refractivity contribution in [2.24, 2.45) is 11.8 Å². The van der Waals surface area contributed by atoms with Crippen LogP contribution in [-0.2, 0) is 14.8 Å². The molecule has 1 aromatic rings. The number of hydrogen-bond donors (Lipinski definition) is 2. The smallest absolute Gasteiger partial charge is 0.317 e. The summed E-state index contributed by atoms with van der Waals surface area (Å²) < 4.78 is 25.7. The Morgan fingerprint density at radius 3 is 2.56 bits per heavy atom. The van der Waals surface area contributed by atoms with Crippen LogP contribution in [0.15, 0.2) is 29.2 Å². The second-order valence-electron chi connectivity index (χ2n) is 7.31. The molecule has 1 fully saturated rings. The lowest BCUT2D eigenvalue weighted by Gasteiger charge is -2.35.